The molecule has 4 heteroatoms. The molecule has 1 aliphatic carbocycles. The molecule has 1 heterocycles. The number of halogens is 1. The van der Waals surface area contributed by atoms with Gasteiger partial charge >= 0.3 is 0 Å². The highest BCUT2D eigenvalue weighted by Gasteiger charge is 2.20. The molecule has 0 fully saturated rings. The van der Waals surface area contributed by atoms with Crippen LogP contribution in [0.3, 0.4) is 0 Å². The van der Waals surface area contributed by atoms with Crippen molar-refractivity contribution in [1.29, 1.82) is 0 Å². The lowest BCUT2D eigenvalue weighted by atomic mass is 9.92. The molecular formula is C15H15BrN2O. The second kappa shape index (κ2) is 5.31. The molecule has 0 saturated heterocycles. The summed E-state index contributed by atoms with van der Waals surface area (Å²) in [5.74, 6) is 0. The van der Waals surface area contributed by atoms with Gasteiger partial charge in [-0.1, -0.05) is 28.1 Å². The molecule has 19 heavy (non-hydrogen) atoms. The molecule has 0 radical (unpaired) electrons. The quantitative estimate of drug-likeness (QED) is 0.922. The molecule has 3 nitrogen and oxygen atoms in total. The minimum atomic E-state index is 0.0818. The van der Waals surface area contributed by atoms with E-state index in [1.807, 2.05) is 35.2 Å². The third-order valence-corrected chi connectivity index (χ3v) is 3.93. The molecular weight excluding hydrogens is 304 g/mol. The number of fused-ring (bicyclic) bond motifs is 1. The van der Waals surface area contributed by atoms with Crippen LogP contribution in [-0.2, 0) is 6.42 Å². The van der Waals surface area contributed by atoms with Gasteiger partial charge in [-0.15, -0.1) is 0 Å². The number of aromatic nitrogens is 2. The molecule has 98 valence electrons. The zero-order valence-electron chi connectivity index (χ0n) is 10.5. The summed E-state index contributed by atoms with van der Waals surface area (Å²) < 4.78 is 3.01. The van der Waals surface area contributed by atoms with Gasteiger partial charge in [0.25, 0.3) is 0 Å². The minimum absolute atomic E-state index is 0.0818. The van der Waals surface area contributed by atoms with E-state index >= 15 is 0 Å². The Bertz CT molecular complexity index is 631. The number of aliphatic hydroxyl groups excluding tert-OH is 1. The maximum atomic E-state index is 9.17. The number of aliphatic hydroxyl groups is 1. The number of hydrogen-bond donors (Lipinski definition) is 1. The summed E-state index contributed by atoms with van der Waals surface area (Å²) in [6.45, 7) is 0.0818. The van der Waals surface area contributed by atoms with Gasteiger partial charge in [-0.05, 0) is 48.6 Å². The predicted molar refractivity (Wildman–Crippen MR) is 79.3 cm³/mol. The Hall–Kier alpha value is -1.39. The largest absolute Gasteiger partial charge is 0.392 e. The lowest BCUT2D eigenvalue weighted by molar-refractivity contribution is 0.343. The lowest BCUT2D eigenvalue weighted by Gasteiger charge is -2.17. The van der Waals surface area contributed by atoms with Crippen molar-refractivity contribution in [2.24, 2.45) is 0 Å². The number of aryl methyl sites for hydroxylation is 1. The van der Waals surface area contributed by atoms with E-state index in [0.29, 0.717) is 0 Å². The van der Waals surface area contributed by atoms with E-state index in [9.17, 15) is 5.11 Å². The maximum absolute atomic E-state index is 9.17. The summed E-state index contributed by atoms with van der Waals surface area (Å²) >= 11 is 3.49. The van der Waals surface area contributed by atoms with Crippen molar-refractivity contribution in [3.63, 3.8) is 0 Å². The van der Waals surface area contributed by atoms with Gasteiger partial charge in [-0.25, -0.2) is 4.68 Å². The minimum Gasteiger partial charge on any atom is -0.392 e. The van der Waals surface area contributed by atoms with Gasteiger partial charge in [0, 0.05) is 4.47 Å². The fourth-order valence-corrected chi connectivity index (χ4v) is 2.99. The highest BCUT2D eigenvalue weighted by Crippen LogP contribution is 2.32. The zero-order valence-corrected chi connectivity index (χ0v) is 12.1. The summed E-state index contributed by atoms with van der Waals surface area (Å²) in [5.41, 5.74) is 4.66. The van der Waals surface area contributed by atoms with Gasteiger partial charge in [0.2, 0.25) is 0 Å². The van der Waals surface area contributed by atoms with E-state index in [0.717, 1.165) is 35.1 Å². The van der Waals surface area contributed by atoms with Crippen molar-refractivity contribution >= 4 is 21.5 Å². The van der Waals surface area contributed by atoms with E-state index in [2.05, 4.69) is 27.1 Å². The highest BCUT2D eigenvalue weighted by molar-refractivity contribution is 9.10. The Kier molecular flexibility index (Phi) is 3.53. The number of allylic oxidation sites excluding steroid dienone is 1. The van der Waals surface area contributed by atoms with Crippen LogP contribution in [0.25, 0.3) is 11.3 Å². The second-order valence-electron chi connectivity index (χ2n) is 4.68. The van der Waals surface area contributed by atoms with E-state index in [-0.39, 0.29) is 6.61 Å². The van der Waals surface area contributed by atoms with Crippen molar-refractivity contribution in [2.75, 3.05) is 6.61 Å². The van der Waals surface area contributed by atoms with Crippen molar-refractivity contribution in [3.05, 3.63) is 52.3 Å². The van der Waals surface area contributed by atoms with Crippen molar-refractivity contribution in [1.82, 2.24) is 9.78 Å². The third-order valence-electron chi connectivity index (χ3n) is 3.43. The van der Waals surface area contributed by atoms with E-state index in [1.54, 1.807) is 0 Å². The number of rotatable bonds is 2. The topological polar surface area (TPSA) is 38.1 Å². The molecule has 0 unspecified atom stereocenters. The van der Waals surface area contributed by atoms with Crippen LogP contribution < -0.4 is 0 Å². The Balaban J connectivity index is 2.14. The average Bonchev–Trinajstić information content (AvgIpc) is 2.84. The lowest BCUT2D eigenvalue weighted by Crippen LogP contribution is -2.07. The third kappa shape index (κ3) is 2.38. The Morgan fingerprint density at radius 1 is 1.37 bits per heavy atom. The molecule has 0 bridgehead atoms. The molecule has 1 aliphatic rings. The first kappa shape index (κ1) is 12.6. The van der Waals surface area contributed by atoms with Crippen LogP contribution in [0.4, 0.5) is 0 Å². The molecule has 0 atom stereocenters. The van der Waals surface area contributed by atoms with Gasteiger partial charge < -0.3 is 5.11 Å². The first-order chi connectivity index (χ1) is 9.29. The molecule has 3 rings (SSSR count). The van der Waals surface area contributed by atoms with Gasteiger partial charge in [-0.2, -0.15) is 5.10 Å². The van der Waals surface area contributed by atoms with Crippen molar-refractivity contribution in [2.45, 2.75) is 19.3 Å². The van der Waals surface area contributed by atoms with Crippen molar-refractivity contribution < 1.29 is 5.11 Å². The normalized spacial score (nSPS) is 16.6. The summed E-state index contributed by atoms with van der Waals surface area (Å²) in [5, 5.41) is 13.7. The van der Waals surface area contributed by atoms with Gasteiger partial charge in [-0.3, -0.25) is 0 Å². The van der Waals surface area contributed by atoms with Crippen LogP contribution in [-0.4, -0.2) is 21.5 Å². The average molecular weight is 319 g/mol. The molecule has 2 aromatic rings. The van der Waals surface area contributed by atoms with Crippen LogP contribution >= 0.6 is 15.9 Å². The monoisotopic (exact) mass is 318 g/mol. The standard InChI is InChI=1S/C15H15BrN2O/c16-13-5-2-6-14(9-13)18-15-11(7-8-19)3-1-4-12(15)10-17-18/h2,5-7,9-10,19H,1,3-4,8H2/b11-7+. The first-order valence-corrected chi connectivity index (χ1v) is 7.22. The summed E-state index contributed by atoms with van der Waals surface area (Å²) in [6.07, 6.45) is 7.04. The molecule has 1 aromatic carbocycles. The summed E-state index contributed by atoms with van der Waals surface area (Å²) in [4.78, 5) is 0. The predicted octanol–water partition coefficient (Wildman–Crippen LogP) is 3.35. The molecule has 0 spiro atoms. The first-order valence-electron chi connectivity index (χ1n) is 6.42. The molecule has 1 aromatic heterocycles. The molecule has 0 aliphatic heterocycles. The summed E-state index contributed by atoms with van der Waals surface area (Å²) in [6, 6.07) is 8.11. The Morgan fingerprint density at radius 3 is 3.05 bits per heavy atom. The summed E-state index contributed by atoms with van der Waals surface area (Å²) in [7, 11) is 0. The van der Waals surface area contributed by atoms with Crippen LogP contribution in [0.15, 0.2) is 41.0 Å². The van der Waals surface area contributed by atoms with Crippen LogP contribution in [0, 0.1) is 0 Å². The smallest absolute Gasteiger partial charge is 0.0730 e. The second-order valence-corrected chi connectivity index (χ2v) is 5.59. The fourth-order valence-electron chi connectivity index (χ4n) is 2.61. The molecule has 0 amide bonds. The van der Waals surface area contributed by atoms with Crippen LogP contribution in [0.5, 0.6) is 0 Å². The zero-order chi connectivity index (χ0) is 13.2. The van der Waals surface area contributed by atoms with Crippen molar-refractivity contribution in [3.8, 4) is 5.69 Å². The number of nitrogens with zero attached hydrogens (tertiary/aromatic N) is 2. The van der Waals surface area contributed by atoms with Gasteiger partial charge in [0.15, 0.2) is 0 Å². The Labute approximate surface area is 120 Å². The van der Waals surface area contributed by atoms with Gasteiger partial charge in [0.05, 0.1) is 24.2 Å². The van der Waals surface area contributed by atoms with E-state index in [4.69, 9.17) is 0 Å². The SMILES string of the molecule is OC/C=C1\CCCc2cnn(-c3cccc(Br)c3)c21. The van der Waals surface area contributed by atoms with Gasteiger partial charge in [0.1, 0.15) is 0 Å². The number of hydrogen-bond acceptors (Lipinski definition) is 2. The molecule has 1 N–H and O–H groups in total. The van der Waals surface area contributed by atoms with Crippen LogP contribution in [0.2, 0.25) is 0 Å². The van der Waals surface area contributed by atoms with E-state index < -0.39 is 0 Å². The highest BCUT2D eigenvalue weighted by atomic mass is 79.9. The Morgan fingerprint density at radius 2 is 2.26 bits per heavy atom. The maximum Gasteiger partial charge on any atom is 0.0730 e. The van der Waals surface area contributed by atoms with Crippen LogP contribution in [0.1, 0.15) is 24.1 Å². The fraction of sp³-hybridized carbons (Fsp3) is 0.267. The number of benzene rings is 1. The van der Waals surface area contributed by atoms with E-state index in [1.165, 1.54) is 11.1 Å². The molecule has 0 saturated carbocycles.